The minimum atomic E-state index is 0.00496. The van der Waals surface area contributed by atoms with Gasteiger partial charge in [-0.05, 0) is 167 Å². The lowest BCUT2D eigenvalue weighted by Gasteiger charge is -2.34. The van der Waals surface area contributed by atoms with Gasteiger partial charge in [-0.3, -0.25) is 0 Å². The van der Waals surface area contributed by atoms with Crippen LogP contribution in [0.15, 0.2) is 176 Å². The van der Waals surface area contributed by atoms with Crippen LogP contribution in [0, 0.1) is 41.5 Å². The first-order valence-corrected chi connectivity index (χ1v) is 22.7. The van der Waals surface area contributed by atoms with E-state index in [4.69, 9.17) is 0 Å². The molecule has 0 aliphatic rings. The first-order chi connectivity index (χ1) is 30.9. The summed E-state index contributed by atoms with van der Waals surface area (Å²) in [5, 5.41) is 7.54. The van der Waals surface area contributed by atoms with Crippen molar-refractivity contribution >= 4 is 66.4 Å². The largest absolute Gasteiger partial charge is 0.310 e. The van der Waals surface area contributed by atoms with Crippen LogP contribution in [0.1, 0.15) is 59.7 Å². The first-order valence-electron chi connectivity index (χ1n) is 22.7. The smallest absolute Gasteiger partial charge is 0.0561 e. The van der Waals surface area contributed by atoms with Crippen molar-refractivity contribution in [2.75, 3.05) is 9.80 Å². The van der Waals surface area contributed by atoms with E-state index in [1.807, 2.05) is 0 Å². The van der Waals surface area contributed by atoms with Crippen LogP contribution in [0.5, 0.6) is 0 Å². The Hall–Kier alpha value is -7.16. The van der Waals surface area contributed by atoms with Gasteiger partial charge in [-0.1, -0.05) is 154 Å². The summed E-state index contributed by atoms with van der Waals surface area (Å²) >= 11 is 0. The van der Waals surface area contributed by atoms with Gasteiger partial charge in [0, 0.05) is 38.9 Å². The van der Waals surface area contributed by atoms with E-state index in [1.54, 1.807) is 0 Å². The van der Waals surface area contributed by atoms with E-state index < -0.39 is 0 Å². The lowest BCUT2D eigenvalue weighted by Crippen LogP contribution is -2.16. The van der Waals surface area contributed by atoms with Gasteiger partial charge in [0.05, 0.1) is 11.4 Å². The van der Waals surface area contributed by atoms with Crippen LogP contribution in [0.25, 0.3) is 54.6 Å². The Kier molecular flexibility index (Phi) is 10.1. The molecule has 0 unspecified atom stereocenters. The summed E-state index contributed by atoms with van der Waals surface area (Å²) < 4.78 is 0. The van der Waals surface area contributed by atoms with E-state index in [-0.39, 0.29) is 5.41 Å². The van der Waals surface area contributed by atoms with Gasteiger partial charge in [0.2, 0.25) is 0 Å². The minimum Gasteiger partial charge on any atom is -0.310 e. The highest BCUT2D eigenvalue weighted by molar-refractivity contribution is 6.29. The maximum absolute atomic E-state index is 2.52. The summed E-state index contributed by atoms with van der Waals surface area (Å²) in [4.78, 5) is 5.04. The molecule has 0 N–H and O–H groups in total. The van der Waals surface area contributed by atoms with E-state index in [9.17, 15) is 0 Å². The van der Waals surface area contributed by atoms with Crippen molar-refractivity contribution in [2.24, 2.45) is 0 Å². The molecule has 0 radical (unpaired) electrons. The molecule has 0 fully saturated rings. The highest BCUT2D eigenvalue weighted by Crippen LogP contribution is 2.52. The van der Waals surface area contributed by atoms with E-state index in [1.165, 1.54) is 93.5 Å². The summed E-state index contributed by atoms with van der Waals surface area (Å²) in [7, 11) is 0. The minimum absolute atomic E-state index is 0.00496. The molecule has 0 saturated heterocycles. The second-order valence-electron chi connectivity index (χ2n) is 18.9. The summed E-state index contributed by atoms with van der Waals surface area (Å²) in [5.74, 6) is 0. The fourth-order valence-electron chi connectivity index (χ4n) is 10.2. The van der Waals surface area contributed by atoms with Crippen molar-refractivity contribution in [3.63, 3.8) is 0 Å². The van der Waals surface area contributed by atoms with Crippen molar-refractivity contribution in [2.45, 2.75) is 67.7 Å². The third-order valence-electron chi connectivity index (χ3n) is 13.5. The molecular weight excluding hydrogens is 773 g/mol. The topological polar surface area (TPSA) is 6.48 Å². The molecule has 0 aliphatic carbocycles. The van der Waals surface area contributed by atoms with E-state index >= 15 is 0 Å². The molecule has 0 aliphatic heterocycles. The molecular formula is C62H56N2. The number of anilines is 6. The molecule has 0 saturated carbocycles. The lowest BCUT2D eigenvalue weighted by atomic mass is 9.83. The number of para-hydroxylation sites is 2. The zero-order valence-corrected chi connectivity index (χ0v) is 38.6. The number of nitrogens with zero attached hydrogens (tertiary/aromatic N) is 2. The Morgan fingerprint density at radius 3 is 1.12 bits per heavy atom. The van der Waals surface area contributed by atoms with Crippen molar-refractivity contribution in [3.8, 4) is 22.3 Å². The van der Waals surface area contributed by atoms with Gasteiger partial charge in [-0.2, -0.15) is 0 Å². The van der Waals surface area contributed by atoms with Crippen LogP contribution in [-0.4, -0.2) is 0 Å². The van der Waals surface area contributed by atoms with Crippen LogP contribution >= 0.6 is 0 Å². The predicted octanol–water partition coefficient (Wildman–Crippen LogP) is 18.0. The molecule has 10 aromatic rings. The molecule has 10 aromatic carbocycles. The quantitative estimate of drug-likeness (QED) is 0.141. The molecule has 0 bridgehead atoms. The monoisotopic (exact) mass is 828 g/mol. The predicted molar refractivity (Wildman–Crippen MR) is 278 cm³/mol. The van der Waals surface area contributed by atoms with Gasteiger partial charge in [0.1, 0.15) is 0 Å². The van der Waals surface area contributed by atoms with Crippen LogP contribution in [0.4, 0.5) is 34.1 Å². The SMILES string of the molecule is Cc1ccc(-c2c(C)cccc2C)cc1N(c1ccccc1)c1cc(N(c2ccccc2)c2cc(-c3c(C)cccc3C)ccc2C)c2ccc3cc(C(C)(C)C)cc4ccc1c2c43. The Morgan fingerprint density at radius 2 is 0.734 bits per heavy atom. The number of rotatable bonds is 8. The summed E-state index contributed by atoms with van der Waals surface area (Å²) in [6.45, 7) is 20.4. The van der Waals surface area contributed by atoms with E-state index in [0.29, 0.717) is 0 Å². The molecule has 2 heteroatoms. The summed E-state index contributed by atoms with van der Waals surface area (Å²) in [6, 6.07) is 66.0. The lowest BCUT2D eigenvalue weighted by molar-refractivity contribution is 0.591. The van der Waals surface area contributed by atoms with Crippen molar-refractivity contribution < 1.29 is 0 Å². The highest BCUT2D eigenvalue weighted by Gasteiger charge is 2.27. The van der Waals surface area contributed by atoms with Crippen molar-refractivity contribution in [1.82, 2.24) is 0 Å². The molecule has 10 rings (SSSR count). The molecule has 0 aromatic heterocycles. The second-order valence-corrected chi connectivity index (χ2v) is 18.9. The second kappa shape index (κ2) is 15.9. The van der Waals surface area contributed by atoms with Crippen molar-refractivity contribution in [1.29, 1.82) is 0 Å². The van der Waals surface area contributed by atoms with Gasteiger partial charge >= 0.3 is 0 Å². The molecule has 64 heavy (non-hydrogen) atoms. The zero-order valence-electron chi connectivity index (χ0n) is 38.6. The standard InChI is InChI=1S/C62H56N2/c1-39-26-28-47(58-41(3)18-16-19-42(58)4)36-54(39)63(50-22-12-10-13-23-50)56-38-57(53-33-31-46-35-49(62(7,8)9)34-45-30-32-52(56)61(53)60(45)46)64(51-24-14-11-15-25-51)55-37-48(29-27-40(55)2)59-43(5)20-17-21-44(59)6/h10-38H,1-9H3. The van der Waals surface area contributed by atoms with Gasteiger partial charge in [0.15, 0.2) is 0 Å². The first kappa shape index (κ1) is 40.9. The third kappa shape index (κ3) is 6.99. The molecule has 314 valence electrons. The Labute approximate surface area is 379 Å². The Balaban J connectivity index is 1.35. The van der Waals surface area contributed by atoms with E-state index in [0.717, 1.165) is 34.1 Å². The van der Waals surface area contributed by atoms with Crippen LogP contribution in [0.2, 0.25) is 0 Å². The number of hydrogen-bond donors (Lipinski definition) is 0. The number of benzene rings is 10. The molecule has 0 spiro atoms. The molecule has 0 heterocycles. The molecule has 2 nitrogen and oxygen atoms in total. The molecule has 0 amide bonds. The van der Waals surface area contributed by atoms with Gasteiger partial charge in [0.25, 0.3) is 0 Å². The summed E-state index contributed by atoms with van der Waals surface area (Å²) in [6.07, 6.45) is 0. The van der Waals surface area contributed by atoms with Gasteiger partial charge in [-0.15, -0.1) is 0 Å². The number of aryl methyl sites for hydroxylation is 6. The van der Waals surface area contributed by atoms with Gasteiger partial charge in [-0.25, -0.2) is 0 Å². The highest BCUT2D eigenvalue weighted by atomic mass is 15.2. The van der Waals surface area contributed by atoms with Crippen molar-refractivity contribution in [3.05, 3.63) is 215 Å². The third-order valence-corrected chi connectivity index (χ3v) is 13.5. The maximum Gasteiger partial charge on any atom is 0.0561 e. The average Bonchev–Trinajstić information content (AvgIpc) is 3.28. The van der Waals surface area contributed by atoms with Crippen LogP contribution in [-0.2, 0) is 5.41 Å². The zero-order chi connectivity index (χ0) is 44.4. The van der Waals surface area contributed by atoms with E-state index in [2.05, 4.69) is 248 Å². The normalized spacial score (nSPS) is 11.8. The average molecular weight is 829 g/mol. The van der Waals surface area contributed by atoms with Gasteiger partial charge < -0.3 is 9.80 Å². The summed E-state index contributed by atoms with van der Waals surface area (Å²) in [5.41, 5.74) is 20.7. The number of hydrogen-bond acceptors (Lipinski definition) is 2. The fraction of sp³-hybridized carbons (Fsp3) is 0.161. The van der Waals surface area contributed by atoms with Crippen LogP contribution in [0.3, 0.4) is 0 Å². The fourth-order valence-corrected chi connectivity index (χ4v) is 10.2. The molecule has 0 atom stereocenters. The Bertz CT molecular complexity index is 3120. The Morgan fingerprint density at radius 1 is 0.328 bits per heavy atom. The maximum atomic E-state index is 2.52. The van der Waals surface area contributed by atoms with Crippen LogP contribution < -0.4 is 9.80 Å².